The molecule has 0 radical (unpaired) electrons. The van der Waals surface area contributed by atoms with Crippen LogP contribution in [0.5, 0.6) is 5.75 Å². The molecule has 0 saturated heterocycles. The van der Waals surface area contributed by atoms with E-state index in [9.17, 15) is 4.39 Å². The number of aromatic nitrogens is 2. The van der Waals surface area contributed by atoms with Crippen molar-refractivity contribution >= 4 is 5.57 Å². The fourth-order valence-electron chi connectivity index (χ4n) is 6.31. The number of nitrogens with zero attached hydrogens (tertiary/aromatic N) is 3. The number of hydrogen-bond acceptors (Lipinski definition) is 4. The average molecular weight is 621 g/mol. The minimum atomic E-state index is -0.201. The molecule has 1 unspecified atom stereocenters. The Balaban J connectivity index is 0.00000204. The Morgan fingerprint density at radius 2 is 1.70 bits per heavy atom. The first kappa shape index (κ1) is 33.1. The van der Waals surface area contributed by atoms with Gasteiger partial charge in [0.2, 0.25) is 0 Å². The van der Waals surface area contributed by atoms with Crippen molar-refractivity contribution in [3.8, 4) is 5.75 Å². The number of ether oxygens (including phenoxy) is 1. The van der Waals surface area contributed by atoms with Gasteiger partial charge in [0.05, 0.1) is 19.0 Å². The zero-order chi connectivity index (χ0) is 32.3. The molecule has 0 spiro atoms. The highest BCUT2D eigenvalue weighted by Crippen LogP contribution is 2.44. The molecule has 5 nitrogen and oxygen atoms in total. The largest absolute Gasteiger partial charge is 0.494 e. The number of aryl methyl sites for hydroxylation is 2. The number of allylic oxidation sites excluding steroid dienone is 2. The molecule has 1 aliphatic heterocycles. The van der Waals surface area contributed by atoms with E-state index >= 15 is 0 Å². The third kappa shape index (κ3) is 8.68. The van der Waals surface area contributed by atoms with E-state index in [1.807, 2.05) is 44.7 Å². The lowest BCUT2D eigenvalue weighted by Crippen LogP contribution is -2.37. The average Bonchev–Trinajstić information content (AvgIpc) is 3.79. The number of hydrogen-bond donors (Lipinski definition) is 1. The Hall–Kier alpha value is -4.32. The van der Waals surface area contributed by atoms with Crippen molar-refractivity contribution in [2.45, 2.75) is 84.7 Å². The summed E-state index contributed by atoms with van der Waals surface area (Å²) in [5.41, 5.74) is 16.8. The lowest BCUT2D eigenvalue weighted by atomic mass is 9.88. The van der Waals surface area contributed by atoms with Crippen molar-refractivity contribution in [3.05, 3.63) is 137 Å². The van der Waals surface area contributed by atoms with Gasteiger partial charge in [0.15, 0.2) is 0 Å². The van der Waals surface area contributed by atoms with Gasteiger partial charge in [-0.2, -0.15) is 0 Å². The highest BCUT2D eigenvalue weighted by Gasteiger charge is 2.34. The van der Waals surface area contributed by atoms with Crippen molar-refractivity contribution in [1.82, 2.24) is 14.5 Å². The van der Waals surface area contributed by atoms with Gasteiger partial charge < -0.3 is 19.9 Å². The lowest BCUT2D eigenvalue weighted by Gasteiger charge is -2.41. The van der Waals surface area contributed by atoms with Gasteiger partial charge in [0.25, 0.3) is 0 Å². The second-order valence-corrected chi connectivity index (χ2v) is 12.1. The summed E-state index contributed by atoms with van der Waals surface area (Å²) in [5, 5.41) is 0. The predicted octanol–water partition coefficient (Wildman–Crippen LogP) is 9.40. The summed E-state index contributed by atoms with van der Waals surface area (Å²) in [7, 11) is 0. The molecule has 2 aliphatic rings. The van der Waals surface area contributed by atoms with Crippen LogP contribution in [0.15, 0.2) is 108 Å². The molecule has 3 aromatic carbocycles. The highest BCUT2D eigenvalue weighted by atomic mass is 19.1. The van der Waals surface area contributed by atoms with Crippen LogP contribution in [0.2, 0.25) is 0 Å². The maximum atomic E-state index is 13.7. The van der Waals surface area contributed by atoms with Crippen LogP contribution in [-0.4, -0.2) is 27.6 Å². The van der Waals surface area contributed by atoms with Gasteiger partial charge >= 0.3 is 0 Å². The molecule has 2 N–H and O–H groups in total. The normalized spacial score (nSPS) is 15.8. The Kier molecular flexibility index (Phi) is 11.7. The minimum absolute atomic E-state index is 0.0765. The van der Waals surface area contributed by atoms with Crippen LogP contribution in [0, 0.1) is 12.7 Å². The van der Waals surface area contributed by atoms with E-state index in [1.165, 1.54) is 34.4 Å². The van der Waals surface area contributed by atoms with Crippen molar-refractivity contribution in [2.24, 2.45) is 5.73 Å². The van der Waals surface area contributed by atoms with E-state index in [-0.39, 0.29) is 11.9 Å². The van der Waals surface area contributed by atoms with E-state index in [4.69, 9.17) is 10.5 Å². The quantitative estimate of drug-likeness (QED) is 0.151. The highest BCUT2D eigenvalue weighted by molar-refractivity contribution is 5.71. The monoisotopic (exact) mass is 620 g/mol. The third-order valence-corrected chi connectivity index (χ3v) is 8.80. The molecule has 0 amide bonds. The zero-order valence-electron chi connectivity index (χ0n) is 27.7. The first-order valence-corrected chi connectivity index (χ1v) is 17.0. The summed E-state index contributed by atoms with van der Waals surface area (Å²) >= 11 is 0. The van der Waals surface area contributed by atoms with Gasteiger partial charge in [-0.25, -0.2) is 9.37 Å². The summed E-state index contributed by atoms with van der Waals surface area (Å²) in [6.07, 6.45) is 14.1. The molecule has 2 heterocycles. The predicted molar refractivity (Wildman–Crippen MR) is 187 cm³/mol. The van der Waals surface area contributed by atoms with Gasteiger partial charge in [0, 0.05) is 43.3 Å². The molecule has 242 valence electrons. The first-order valence-electron chi connectivity index (χ1n) is 17.0. The molecule has 6 heteroatoms. The third-order valence-electron chi connectivity index (χ3n) is 8.80. The topological polar surface area (TPSA) is 56.3 Å². The van der Waals surface area contributed by atoms with Crippen LogP contribution in [0.4, 0.5) is 4.39 Å². The smallest absolute Gasteiger partial charge is 0.123 e. The van der Waals surface area contributed by atoms with Crippen LogP contribution in [-0.2, 0) is 13.0 Å². The summed E-state index contributed by atoms with van der Waals surface area (Å²) < 4.78 is 21.9. The SMILES string of the molecule is CC.Cc1cccc(C2=C(N)C(c3ccc(OCCCCCCn4ccnc4)cc3)N(C(Cc3ccc(F)cc3)=C3CC3)CC2)c1. The van der Waals surface area contributed by atoms with Gasteiger partial charge in [-0.1, -0.05) is 86.4 Å². The number of rotatable bonds is 13. The molecular weight excluding hydrogens is 571 g/mol. The standard InChI is InChI=1S/C38H43FN4O.C2H6/c1-28-7-6-8-32(25-28)35-19-22-43(36(30-11-12-30)26-29-9-15-33(39)16-10-29)38(37(35)40)31-13-17-34(18-14-31)44-24-5-3-2-4-21-42-23-20-41-27-42;1-2/h6-10,13-18,20,23,25,27,38H,2-5,11-12,19,21-22,24,26,40H2,1H3;1-2H3. The lowest BCUT2D eigenvalue weighted by molar-refractivity contribution is 0.270. The number of halogens is 1. The van der Waals surface area contributed by atoms with Crippen LogP contribution >= 0.6 is 0 Å². The summed E-state index contributed by atoms with van der Waals surface area (Å²) in [6, 6.07) is 24.0. The molecule has 1 atom stereocenters. The molecular formula is C40H49FN4O. The number of nitrogens with two attached hydrogens (primary N) is 1. The Bertz CT molecular complexity index is 1580. The molecule has 4 aromatic rings. The maximum absolute atomic E-state index is 13.7. The van der Waals surface area contributed by atoms with Gasteiger partial charge in [-0.05, 0) is 85.6 Å². The van der Waals surface area contributed by atoms with E-state index in [2.05, 4.69) is 69.9 Å². The zero-order valence-corrected chi connectivity index (χ0v) is 27.7. The fourth-order valence-corrected chi connectivity index (χ4v) is 6.31. The van der Waals surface area contributed by atoms with E-state index in [0.29, 0.717) is 6.61 Å². The van der Waals surface area contributed by atoms with Gasteiger partial charge in [-0.3, -0.25) is 0 Å². The fraction of sp³-hybridized carbons (Fsp3) is 0.375. The van der Waals surface area contributed by atoms with E-state index < -0.39 is 0 Å². The van der Waals surface area contributed by atoms with Crippen LogP contribution in [0.25, 0.3) is 5.57 Å². The van der Waals surface area contributed by atoms with E-state index in [1.54, 1.807) is 12.1 Å². The van der Waals surface area contributed by atoms with Crippen LogP contribution in [0.1, 0.15) is 87.1 Å². The van der Waals surface area contributed by atoms with Crippen LogP contribution in [0.3, 0.4) is 0 Å². The van der Waals surface area contributed by atoms with Crippen molar-refractivity contribution in [2.75, 3.05) is 13.2 Å². The van der Waals surface area contributed by atoms with Gasteiger partial charge in [-0.15, -0.1) is 0 Å². The minimum Gasteiger partial charge on any atom is -0.494 e. The van der Waals surface area contributed by atoms with Crippen molar-refractivity contribution in [3.63, 3.8) is 0 Å². The summed E-state index contributed by atoms with van der Waals surface area (Å²) in [5.74, 6) is 0.691. The van der Waals surface area contributed by atoms with Crippen molar-refractivity contribution < 1.29 is 9.13 Å². The summed E-state index contributed by atoms with van der Waals surface area (Å²) in [6.45, 7) is 8.75. The number of benzene rings is 3. The van der Waals surface area contributed by atoms with Crippen molar-refractivity contribution in [1.29, 1.82) is 0 Å². The molecule has 1 fully saturated rings. The molecule has 46 heavy (non-hydrogen) atoms. The number of imidazole rings is 1. The second kappa shape index (κ2) is 16.3. The first-order chi connectivity index (χ1) is 22.5. The Morgan fingerprint density at radius 3 is 2.39 bits per heavy atom. The molecule has 1 saturated carbocycles. The maximum Gasteiger partial charge on any atom is 0.123 e. The Morgan fingerprint density at radius 1 is 0.935 bits per heavy atom. The Labute approximate surface area is 274 Å². The molecule has 6 rings (SSSR count). The molecule has 1 aliphatic carbocycles. The van der Waals surface area contributed by atoms with E-state index in [0.717, 1.165) is 80.6 Å². The molecule has 0 bridgehead atoms. The summed E-state index contributed by atoms with van der Waals surface area (Å²) in [4.78, 5) is 6.62. The second-order valence-electron chi connectivity index (χ2n) is 12.1. The van der Waals surface area contributed by atoms with Gasteiger partial charge in [0.1, 0.15) is 11.6 Å². The molecule has 1 aromatic heterocycles. The van der Waals surface area contributed by atoms with Crippen LogP contribution < -0.4 is 10.5 Å². The number of unbranched alkanes of at least 4 members (excludes halogenated alkanes) is 3.